The number of benzene rings is 2. The van der Waals surface area contributed by atoms with Gasteiger partial charge in [0.25, 0.3) is 0 Å². The van der Waals surface area contributed by atoms with Gasteiger partial charge in [-0.2, -0.15) is 0 Å². The molecular formula is C18H22BNO2. The third kappa shape index (κ3) is 3.08. The Morgan fingerprint density at radius 2 is 1.95 bits per heavy atom. The smallest absolute Gasteiger partial charge is 0.376 e. The number of carbonyl (C=O) groups excluding carboxylic acids is 1. The number of rotatable bonds is 3. The predicted octanol–water partition coefficient (Wildman–Crippen LogP) is 3.15. The lowest BCUT2D eigenvalue weighted by Crippen LogP contribution is -2.46. The van der Waals surface area contributed by atoms with E-state index in [1.165, 1.54) is 10.9 Å². The van der Waals surface area contributed by atoms with Crippen LogP contribution in [-0.4, -0.2) is 35.8 Å². The van der Waals surface area contributed by atoms with Gasteiger partial charge in [-0.05, 0) is 56.5 Å². The highest BCUT2D eigenvalue weighted by Gasteiger charge is 2.29. The molecule has 3 nitrogen and oxygen atoms in total. The molecule has 0 aromatic heterocycles. The molecule has 2 aromatic rings. The third-order valence-corrected chi connectivity index (χ3v) is 4.63. The number of ketones is 1. The highest BCUT2D eigenvalue weighted by atomic mass is 16.2. The van der Waals surface area contributed by atoms with Crippen molar-refractivity contribution in [2.75, 3.05) is 13.1 Å². The molecule has 4 heteroatoms. The average molecular weight is 295 g/mol. The Balaban J connectivity index is 1.84. The summed E-state index contributed by atoms with van der Waals surface area (Å²) in [6.07, 6.45) is 1.88. The average Bonchev–Trinajstić information content (AvgIpc) is 2.53. The second-order valence-corrected chi connectivity index (χ2v) is 6.40. The van der Waals surface area contributed by atoms with E-state index in [0.717, 1.165) is 30.3 Å². The van der Waals surface area contributed by atoms with E-state index in [4.69, 9.17) is 0 Å². The highest BCUT2D eigenvalue weighted by Crippen LogP contribution is 2.24. The topological polar surface area (TPSA) is 40.5 Å². The quantitative estimate of drug-likeness (QED) is 0.698. The molecule has 1 atom stereocenters. The van der Waals surface area contributed by atoms with Crippen LogP contribution in [0.2, 0.25) is 6.82 Å². The van der Waals surface area contributed by atoms with E-state index in [1.54, 1.807) is 6.82 Å². The molecule has 0 radical (unpaired) electrons. The molecule has 114 valence electrons. The zero-order valence-corrected chi connectivity index (χ0v) is 13.2. The zero-order valence-electron chi connectivity index (χ0n) is 13.2. The Kier molecular flexibility index (Phi) is 4.32. The molecule has 1 fully saturated rings. The van der Waals surface area contributed by atoms with E-state index >= 15 is 0 Å². The zero-order chi connectivity index (χ0) is 15.7. The predicted molar refractivity (Wildman–Crippen MR) is 91.1 cm³/mol. The first kappa shape index (κ1) is 15.3. The van der Waals surface area contributed by atoms with Crippen molar-refractivity contribution in [3.63, 3.8) is 0 Å². The maximum atomic E-state index is 12.8. The molecule has 0 amide bonds. The van der Waals surface area contributed by atoms with Gasteiger partial charge in [-0.25, -0.2) is 0 Å². The molecule has 1 heterocycles. The van der Waals surface area contributed by atoms with Gasteiger partial charge in [-0.3, -0.25) is 4.79 Å². The Hall–Kier alpha value is -1.65. The summed E-state index contributed by atoms with van der Waals surface area (Å²) in [5.74, 6) is 0.194. The summed E-state index contributed by atoms with van der Waals surface area (Å²) in [5, 5.41) is 12.0. The van der Waals surface area contributed by atoms with Crippen LogP contribution in [-0.2, 0) is 0 Å². The second kappa shape index (κ2) is 6.23. The van der Waals surface area contributed by atoms with Crippen molar-refractivity contribution in [3.8, 4) is 0 Å². The maximum absolute atomic E-state index is 12.8. The van der Waals surface area contributed by atoms with Crippen molar-refractivity contribution >= 4 is 23.6 Å². The van der Waals surface area contributed by atoms with Gasteiger partial charge in [-0.1, -0.05) is 35.9 Å². The summed E-state index contributed by atoms with van der Waals surface area (Å²) in [4.78, 5) is 14.8. The van der Waals surface area contributed by atoms with E-state index in [9.17, 15) is 9.82 Å². The molecule has 1 unspecified atom stereocenters. The molecule has 0 bridgehead atoms. The standard InChI is InChI=1S/C18H22BNO2/c1-13-5-6-15-11-16(8-7-14(15)10-13)18(21)17-4-3-9-20(12-17)19(2)22/h5-8,10-11,17,22H,3-4,9,12H2,1-2H3. The summed E-state index contributed by atoms with van der Waals surface area (Å²) < 4.78 is 0. The van der Waals surface area contributed by atoms with Crippen LogP contribution in [0.4, 0.5) is 0 Å². The molecular weight excluding hydrogens is 273 g/mol. The number of piperidine rings is 1. The van der Waals surface area contributed by atoms with Crippen molar-refractivity contribution in [3.05, 3.63) is 47.5 Å². The second-order valence-electron chi connectivity index (χ2n) is 6.40. The van der Waals surface area contributed by atoms with Gasteiger partial charge in [-0.15, -0.1) is 0 Å². The van der Waals surface area contributed by atoms with Crippen LogP contribution < -0.4 is 0 Å². The van der Waals surface area contributed by atoms with Gasteiger partial charge in [0.15, 0.2) is 5.78 Å². The minimum absolute atomic E-state index is 0.00810. The summed E-state index contributed by atoms with van der Waals surface area (Å²) >= 11 is 0. The number of nitrogens with zero attached hydrogens (tertiary/aromatic N) is 1. The van der Waals surface area contributed by atoms with E-state index in [1.807, 2.05) is 23.0 Å². The van der Waals surface area contributed by atoms with Gasteiger partial charge in [0.1, 0.15) is 0 Å². The Morgan fingerprint density at radius 1 is 1.23 bits per heavy atom. The molecule has 0 saturated carbocycles. The van der Waals surface area contributed by atoms with Gasteiger partial charge in [0.2, 0.25) is 0 Å². The number of hydrogen-bond acceptors (Lipinski definition) is 3. The Labute approximate surface area is 132 Å². The van der Waals surface area contributed by atoms with Crippen LogP contribution >= 0.6 is 0 Å². The van der Waals surface area contributed by atoms with Crippen molar-refractivity contribution in [1.82, 2.24) is 4.81 Å². The van der Waals surface area contributed by atoms with Crippen molar-refractivity contribution in [1.29, 1.82) is 0 Å². The lowest BCUT2D eigenvalue weighted by molar-refractivity contribution is 0.0865. The first-order chi connectivity index (χ1) is 10.5. The summed E-state index contributed by atoms with van der Waals surface area (Å²) in [6.45, 7) is 5.37. The number of carbonyl (C=O) groups is 1. The Morgan fingerprint density at radius 3 is 2.73 bits per heavy atom. The molecule has 3 rings (SSSR count). The van der Waals surface area contributed by atoms with Crippen LogP contribution in [0.3, 0.4) is 0 Å². The molecule has 0 aliphatic carbocycles. The number of Topliss-reactive ketones (excluding diaryl/α,β-unsaturated/α-hetero) is 1. The molecule has 2 aromatic carbocycles. The fraction of sp³-hybridized carbons (Fsp3) is 0.389. The van der Waals surface area contributed by atoms with Crippen LogP contribution in [0.25, 0.3) is 10.8 Å². The van der Waals surface area contributed by atoms with E-state index < -0.39 is 7.05 Å². The minimum atomic E-state index is -0.477. The molecule has 1 aliphatic heterocycles. The molecule has 1 N–H and O–H groups in total. The first-order valence-electron chi connectivity index (χ1n) is 8.01. The fourth-order valence-corrected chi connectivity index (χ4v) is 3.31. The van der Waals surface area contributed by atoms with E-state index in [0.29, 0.717) is 6.54 Å². The Bertz CT molecular complexity index is 699. The third-order valence-electron chi connectivity index (χ3n) is 4.63. The van der Waals surface area contributed by atoms with Gasteiger partial charge in [0.05, 0.1) is 0 Å². The van der Waals surface area contributed by atoms with Crippen LogP contribution in [0.15, 0.2) is 36.4 Å². The molecule has 1 aliphatic rings. The first-order valence-corrected chi connectivity index (χ1v) is 8.01. The number of hydrogen-bond donors (Lipinski definition) is 1. The molecule has 1 saturated heterocycles. The monoisotopic (exact) mass is 295 g/mol. The van der Waals surface area contributed by atoms with E-state index in [2.05, 4.69) is 25.1 Å². The summed E-state index contributed by atoms with van der Waals surface area (Å²) in [7, 11) is -0.477. The summed E-state index contributed by atoms with van der Waals surface area (Å²) in [6, 6.07) is 12.3. The van der Waals surface area contributed by atoms with Crippen LogP contribution in [0, 0.1) is 12.8 Å². The normalized spacial score (nSPS) is 19.3. The largest absolute Gasteiger partial charge is 0.437 e. The number of aryl methyl sites for hydroxylation is 1. The van der Waals surface area contributed by atoms with Crippen molar-refractivity contribution in [2.45, 2.75) is 26.6 Å². The van der Waals surface area contributed by atoms with Crippen molar-refractivity contribution in [2.24, 2.45) is 5.92 Å². The lowest BCUT2D eigenvalue weighted by atomic mass is 9.79. The van der Waals surface area contributed by atoms with Crippen LogP contribution in [0.5, 0.6) is 0 Å². The number of fused-ring (bicyclic) bond motifs is 1. The van der Waals surface area contributed by atoms with E-state index in [-0.39, 0.29) is 11.7 Å². The van der Waals surface area contributed by atoms with Crippen molar-refractivity contribution < 1.29 is 9.82 Å². The van der Waals surface area contributed by atoms with Gasteiger partial charge in [0, 0.05) is 11.5 Å². The summed E-state index contributed by atoms with van der Waals surface area (Å²) in [5.41, 5.74) is 2.01. The minimum Gasteiger partial charge on any atom is -0.437 e. The van der Waals surface area contributed by atoms with Gasteiger partial charge >= 0.3 is 7.05 Å². The molecule has 22 heavy (non-hydrogen) atoms. The fourth-order valence-electron chi connectivity index (χ4n) is 3.31. The highest BCUT2D eigenvalue weighted by molar-refractivity contribution is 6.45. The van der Waals surface area contributed by atoms with Gasteiger partial charge < -0.3 is 9.83 Å². The maximum Gasteiger partial charge on any atom is 0.376 e. The SMILES string of the molecule is CB(O)N1CCCC(C(=O)c2ccc3cc(C)ccc3c2)C1. The molecule has 0 spiro atoms. The lowest BCUT2D eigenvalue weighted by Gasteiger charge is -2.32. The van der Waals surface area contributed by atoms with Crippen LogP contribution in [0.1, 0.15) is 28.8 Å².